The third-order valence-electron chi connectivity index (χ3n) is 4.91. The highest BCUT2D eigenvalue weighted by molar-refractivity contribution is 5.76. The van der Waals surface area contributed by atoms with Gasteiger partial charge in [-0.05, 0) is 25.0 Å². The molecule has 0 saturated heterocycles. The SMILES string of the molecule is CCCCCCCCNc1cccc(NCCCCCCCC)c1[N+](=O)[O-]. The molecule has 0 amide bonds. The molecule has 0 unspecified atom stereocenters. The van der Waals surface area contributed by atoms with Gasteiger partial charge in [0.1, 0.15) is 11.4 Å². The van der Waals surface area contributed by atoms with Gasteiger partial charge in [0, 0.05) is 13.1 Å². The number of rotatable bonds is 17. The third kappa shape index (κ3) is 10.2. The van der Waals surface area contributed by atoms with Crippen molar-refractivity contribution in [3.63, 3.8) is 0 Å². The average molecular weight is 378 g/mol. The Labute approximate surface area is 165 Å². The molecule has 1 aromatic rings. The van der Waals surface area contributed by atoms with Gasteiger partial charge in [0.2, 0.25) is 0 Å². The molecule has 0 atom stereocenters. The summed E-state index contributed by atoms with van der Waals surface area (Å²) in [6.45, 7) is 6.00. The zero-order chi connectivity index (χ0) is 19.7. The normalized spacial score (nSPS) is 10.7. The summed E-state index contributed by atoms with van der Waals surface area (Å²) in [6, 6.07) is 5.51. The lowest BCUT2D eigenvalue weighted by Crippen LogP contribution is -2.08. The van der Waals surface area contributed by atoms with Crippen LogP contribution in [0.25, 0.3) is 0 Å². The lowest BCUT2D eigenvalue weighted by atomic mass is 10.1. The summed E-state index contributed by atoms with van der Waals surface area (Å²) in [5.74, 6) is 0. The van der Waals surface area contributed by atoms with E-state index in [9.17, 15) is 10.1 Å². The average Bonchev–Trinajstić information content (AvgIpc) is 2.66. The van der Waals surface area contributed by atoms with Crippen molar-refractivity contribution < 1.29 is 4.92 Å². The molecule has 154 valence electrons. The molecule has 0 aromatic heterocycles. The van der Waals surface area contributed by atoms with Crippen LogP contribution < -0.4 is 10.6 Å². The summed E-state index contributed by atoms with van der Waals surface area (Å²) >= 11 is 0. The summed E-state index contributed by atoms with van der Waals surface area (Å²) in [4.78, 5) is 11.3. The van der Waals surface area contributed by atoms with Crippen molar-refractivity contribution >= 4 is 17.1 Å². The van der Waals surface area contributed by atoms with E-state index in [2.05, 4.69) is 24.5 Å². The minimum absolute atomic E-state index is 0.175. The number of nitrogens with one attached hydrogen (secondary N) is 2. The molecule has 2 N–H and O–H groups in total. The van der Waals surface area contributed by atoms with Gasteiger partial charge in [0.05, 0.1) is 4.92 Å². The number of nitrogens with zero attached hydrogens (tertiary/aromatic N) is 1. The van der Waals surface area contributed by atoms with Gasteiger partial charge >= 0.3 is 5.69 Å². The molecule has 1 rings (SSSR count). The van der Waals surface area contributed by atoms with E-state index in [0.717, 1.165) is 25.9 Å². The van der Waals surface area contributed by atoms with Crippen molar-refractivity contribution in [2.75, 3.05) is 23.7 Å². The van der Waals surface area contributed by atoms with Crippen LogP contribution in [0.1, 0.15) is 90.9 Å². The molecule has 1 aromatic carbocycles. The lowest BCUT2D eigenvalue weighted by molar-refractivity contribution is -0.383. The Bertz CT molecular complexity index is 484. The Morgan fingerprint density at radius 3 is 1.56 bits per heavy atom. The van der Waals surface area contributed by atoms with Crippen LogP contribution in [-0.4, -0.2) is 18.0 Å². The fourth-order valence-electron chi connectivity index (χ4n) is 3.28. The third-order valence-corrected chi connectivity index (χ3v) is 4.91. The van der Waals surface area contributed by atoms with Gasteiger partial charge in [0.15, 0.2) is 0 Å². The van der Waals surface area contributed by atoms with Crippen LogP contribution in [0.3, 0.4) is 0 Å². The monoisotopic (exact) mass is 377 g/mol. The molecule has 0 fully saturated rings. The van der Waals surface area contributed by atoms with Crippen LogP contribution in [0, 0.1) is 10.1 Å². The number of unbranched alkanes of at least 4 members (excludes halogenated alkanes) is 10. The Balaban J connectivity index is 2.42. The van der Waals surface area contributed by atoms with Gasteiger partial charge in [-0.25, -0.2) is 0 Å². The zero-order valence-corrected chi connectivity index (χ0v) is 17.4. The van der Waals surface area contributed by atoms with Crippen molar-refractivity contribution in [2.24, 2.45) is 0 Å². The summed E-state index contributed by atoms with van der Waals surface area (Å²) < 4.78 is 0. The maximum Gasteiger partial charge on any atom is 0.315 e. The van der Waals surface area contributed by atoms with E-state index in [-0.39, 0.29) is 10.6 Å². The van der Waals surface area contributed by atoms with Crippen molar-refractivity contribution in [3.05, 3.63) is 28.3 Å². The minimum Gasteiger partial charge on any atom is -0.379 e. The van der Waals surface area contributed by atoms with E-state index < -0.39 is 0 Å². The highest BCUT2D eigenvalue weighted by atomic mass is 16.6. The minimum atomic E-state index is -0.271. The van der Waals surface area contributed by atoms with Crippen LogP contribution in [0.5, 0.6) is 0 Å². The molecule has 27 heavy (non-hydrogen) atoms. The number of hydrogen-bond donors (Lipinski definition) is 2. The number of hydrogen-bond acceptors (Lipinski definition) is 4. The molecule has 0 aliphatic rings. The lowest BCUT2D eigenvalue weighted by Gasteiger charge is -2.12. The van der Waals surface area contributed by atoms with Gasteiger partial charge in [-0.2, -0.15) is 0 Å². The largest absolute Gasteiger partial charge is 0.379 e. The van der Waals surface area contributed by atoms with E-state index in [0.29, 0.717) is 11.4 Å². The molecular formula is C22H39N3O2. The van der Waals surface area contributed by atoms with Crippen LogP contribution >= 0.6 is 0 Å². The first kappa shape index (κ1) is 23.3. The number of nitro benzene ring substituents is 1. The summed E-state index contributed by atoms with van der Waals surface area (Å²) in [7, 11) is 0. The second kappa shape index (κ2) is 15.3. The van der Waals surface area contributed by atoms with Crippen molar-refractivity contribution in [1.82, 2.24) is 0 Å². The molecule has 0 aliphatic heterocycles. The predicted octanol–water partition coefficient (Wildman–Crippen LogP) is 7.14. The molecule has 0 saturated carbocycles. The molecule has 5 nitrogen and oxygen atoms in total. The summed E-state index contributed by atoms with van der Waals surface area (Å²) in [5, 5.41) is 18.1. The Morgan fingerprint density at radius 1 is 0.741 bits per heavy atom. The summed E-state index contributed by atoms with van der Waals surface area (Å²) in [6.07, 6.45) is 14.6. The first-order valence-electron chi connectivity index (χ1n) is 11.0. The molecule has 0 aliphatic carbocycles. The highest BCUT2D eigenvalue weighted by Crippen LogP contribution is 2.32. The van der Waals surface area contributed by atoms with Crippen LogP contribution in [0.4, 0.5) is 17.1 Å². The quantitative estimate of drug-likeness (QED) is 0.172. The van der Waals surface area contributed by atoms with Crippen LogP contribution in [-0.2, 0) is 0 Å². The maximum atomic E-state index is 11.6. The van der Waals surface area contributed by atoms with E-state index in [1.165, 1.54) is 64.2 Å². The maximum absolute atomic E-state index is 11.6. The first-order valence-corrected chi connectivity index (χ1v) is 11.0. The van der Waals surface area contributed by atoms with E-state index in [1.54, 1.807) is 0 Å². The smallest absolute Gasteiger partial charge is 0.315 e. The van der Waals surface area contributed by atoms with Crippen molar-refractivity contribution in [1.29, 1.82) is 0 Å². The summed E-state index contributed by atoms with van der Waals surface area (Å²) in [5.41, 5.74) is 1.43. The number of nitro groups is 1. The Morgan fingerprint density at radius 2 is 1.15 bits per heavy atom. The number of para-hydroxylation sites is 1. The second-order valence-corrected chi connectivity index (χ2v) is 7.35. The van der Waals surface area contributed by atoms with Crippen LogP contribution in [0.15, 0.2) is 18.2 Å². The van der Waals surface area contributed by atoms with E-state index in [1.807, 2.05) is 18.2 Å². The van der Waals surface area contributed by atoms with Crippen molar-refractivity contribution in [3.8, 4) is 0 Å². The fraction of sp³-hybridized carbons (Fsp3) is 0.727. The predicted molar refractivity (Wildman–Crippen MR) is 117 cm³/mol. The molecule has 0 heterocycles. The van der Waals surface area contributed by atoms with Gasteiger partial charge in [0.25, 0.3) is 0 Å². The van der Waals surface area contributed by atoms with Gasteiger partial charge < -0.3 is 10.6 Å². The fourth-order valence-corrected chi connectivity index (χ4v) is 3.28. The van der Waals surface area contributed by atoms with Gasteiger partial charge in [-0.15, -0.1) is 0 Å². The zero-order valence-electron chi connectivity index (χ0n) is 17.4. The van der Waals surface area contributed by atoms with Gasteiger partial charge in [-0.3, -0.25) is 10.1 Å². The Kier molecular flexibility index (Phi) is 13.2. The van der Waals surface area contributed by atoms with Crippen molar-refractivity contribution in [2.45, 2.75) is 90.9 Å². The topological polar surface area (TPSA) is 67.2 Å². The molecular weight excluding hydrogens is 338 g/mol. The molecule has 0 bridgehead atoms. The van der Waals surface area contributed by atoms with Gasteiger partial charge in [-0.1, -0.05) is 84.1 Å². The number of benzene rings is 1. The van der Waals surface area contributed by atoms with E-state index in [4.69, 9.17) is 0 Å². The first-order chi connectivity index (χ1) is 13.2. The standard InChI is InChI=1S/C22H39N3O2/c1-3-5-7-9-11-13-18-23-20-16-15-17-21(22(20)25(26)27)24-19-14-12-10-8-6-4-2/h15-17,23-24H,3-14,18-19H2,1-2H3. The Hall–Kier alpha value is -1.78. The second-order valence-electron chi connectivity index (χ2n) is 7.35. The highest BCUT2D eigenvalue weighted by Gasteiger charge is 2.19. The molecule has 5 heteroatoms. The molecule has 0 radical (unpaired) electrons. The number of anilines is 2. The van der Waals surface area contributed by atoms with E-state index >= 15 is 0 Å². The molecule has 0 spiro atoms. The van der Waals surface area contributed by atoms with Crippen LogP contribution in [0.2, 0.25) is 0 Å².